The molecule has 0 nitrogen and oxygen atoms in total. The molecule has 0 aromatic rings. The molecule has 0 amide bonds. The number of terminal acetylenes is 1. The summed E-state index contributed by atoms with van der Waals surface area (Å²) in [5.74, 6) is 8.74. The highest BCUT2D eigenvalue weighted by Gasteiger charge is 1.77. The van der Waals surface area contributed by atoms with Crippen molar-refractivity contribution in [3.05, 3.63) is 0 Å². The average Bonchev–Trinajstić information content (AvgIpc) is 1.97. The second-order valence-corrected chi connectivity index (χ2v) is 2.16. The van der Waals surface area contributed by atoms with Gasteiger partial charge in [0.15, 0.2) is 0 Å². The van der Waals surface area contributed by atoms with E-state index in [0.29, 0.717) is 0 Å². The minimum Gasteiger partial charge on any atom is -0.120 e. The van der Waals surface area contributed by atoms with Gasteiger partial charge < -0.3 is 0 Å². The first-order valence-electron chi connectivity index (χ1n) is 3.81. The molecule has 0 aliphatic rings. The van der Waals surface area contributed by atoms with E-state index in [1.807, 2.05) is 0 Å². The molecule has 0 aromatic carbocycles. The zero-order valence-corrected chi connectivity index (χ0v) is 6.61. The fourth-order valence-electron chi connectivity index (χ4n) is 0.581. The van der Waals surface area contributed by atoms with Crippen molar-refractivity contribution < 1.29 is 0 Å². The van der Waals surface area contributed by atoms with Gasteiger partial charge in [-0.15, -0.1) is 24.2 Å². The van der Waals surface area contributed by atoms with E-state index in [2.05, 4.69) is 24.7 Å². The summed E-state index contributed by atoms with van der Waals surface area (Å²) >= 11 is 0. The van der Waals surface area contributed by atoms with Crippen LogP contribution >= 0.6 is 0 Å². The minimum absolute atomic E-state index is 0.862. The van der Waals surface area contributed by atoms with E-state index in [9.17, 15) is 0 Å². The number of hydrogen-bond donors (Lipinski definition) is 0. The summed E-state index contributed by atoms with van der Waals surface area (Å²) in [4.78, 5) is 0. The molecule has 0 heterocycles. The van der Waals surface area contributed by atoms with Gasteiger partial charge in [0.05, 0.1) is 0 Å². The Morgan fingerprint density at radius 2 is 1.80 bits per heavy atom. The second kappa shape index (κ2) is 8.12. The molecule has 0 unspecified atom stereocenters. The molecule has 0 saturated heterocycles. The molecule has 0 bridgehead atoms. The lowest BCUT2D eigenvalue weighted by molar-refractivity contribution is 0.900. The van der Waals surface area contributed by atoms with Gasteiger partial charge in [0.2, 0.25) is 0 Å². The SMILES string of the molecule is C#CCCCC#CCCC. The lowest BCUT2D eigenvalue weighted by atomic mass is 10.2. The molecule has 10 heavy (non-hydrogen) atoms. The summed E-state index contributed by atoms with van der Waals surface area (Å²) in [5, 5.41) is 0. The third kappa shape index (κ3) is 7.12. The van der Waals surface area contributed by atoms with E-state index < -0.39 is 0 Å². The Labute approximate surface area is 64.0 Å². The normalized spacial score (nSPS) is 7.60. The molecule has 0 spiro atoms. The standard InChI is InChI=1S/C10H14/c1-3-5-7-9-10-8-6-4-2/h1H,4-7,9H2,2H3. The monoisotopic (exact) mass is 134 g/mol. The van der Waals surface area contributed by atoms with Gasteiger partial charge >= 0.3 is 0 Å². The largest absolute Gasteiger partial charge is 0.120 e. The summed E-state index contributed by atoms with van der Waals surface area (Å²) in [6, 6.07) is 0. The van der Waals surface area contributed by atoms with Crippen LogP contribution in [-0.4, -0.2) is 0 Å². The Morgan fingerprint density at radius 1 is 1.10 bits per heavy atom. The van der Waals surface area contributed by atoms with E-state index in [1.54, 1.807) is 0 Å². The van der Waals surface area contributed by atoms with Crippen LogP contribution < -0.4 is 0 Å². The molecular weight excluding hydrogens is 120 g/mol. The van der Waals surface area contributed by atoms with Gasteiger partial charge in [-0.3, -0.25) is 0 Å². The maximum Gasteiger partial charge on any atom is 0.00977 e. The number of unbranched alkanes of at least 4 members (excludes halogenated alkanes) is 3. The zero-order chi connectivity index (χ0) is 7.66. The lowest BCUT2D eigenvalue weighted by Crippen LogP contribution is -1.69. The summed E-state index contributed by atoms with van der Waals surface area (Å²) in [7, 11) is 0. The van der Waals surface area contributed by atoms with Gasteiger partial charge in [-0.1, -0.05) is 6.92 Å². The fourth-order valence-corrected chi connectivity index (χ4v) is 0.581. The van der Waals surface area contributed by atoms with Gasteiger partial charge in [-0.2, -0.15) is 0 Å². The van der Waals surface area contributed by atoms with E-state index in [4.69, 9.17) is 6.42 Å². The first-order chi connectivity index (χ1) is 4.91. The van der Waals surface area contributed by atoms with Crippen molar-refractivity contribution in [1.29, 1.82) is 0 Å². The van der Waals surface area contributed by atoms with Gasteiger partial charge in [0, 0.05) is 19.3 Å². The smallest absolute Gasteiger partial charge is 0.00977 e. The van der Waals surface area contributed by atoms with Crippen molar-refractivity contribution >= 4 is 0 Å². The fraction of sp³-hybridized carbons (Fsp3) is 0.600. The summed E-state index contributed by atoms with van der Waals surface area (Å²) in [6.07, 6.45) is 10.1. The van der Waals surface area contributed by atoms with Crippen LogP contribution in [0.15, 0.2) is 0 Å². The Kier molecular flexibility index (Phi) is 7.41. The average molecular weight is 134 g/mol. The predicted octanol–water partition coefficient (Wildman–Crippen LogP) is 2.59. The zero-order valence-electron chi connectivity index (χ0n) is 6.61. The quantitative estimate of drug-likeness (QED) is 0.411. The second-order valence-electron chi connectivity index (χ2n) is 2.16. The lowest BCUT2D eigenvalue weighted by Gasteiger charge is -1.83. The van der Waals surface area contributed by atoms with Crippen LogP contribution in [0.1, 0.15) is 39.0 Å². The predicted molar refractivity (Wildman–Crippen MR) is 45.4 cm³/mol. The van der Waals surface area contributed by atoms with Gasteiger partial charge in [0.1, 0.15) is 0 Å². The maximum atomic E-state index is 5.07. The van der Waals surface area contributed by atoms with Gasteiger partial charge in [-0.05, 0) is 12.8 Å². The number of rotatable bonds is 3. The maximum absolute atomic E-state index is 5.07. The van der Waals surface area contributed by atoms with E-state index in [-0.39, 0.29) is 0 Å². The molecule has 0 heteroatoms. The molecule has 0 aromatic heterocycles. The summed E-state index contributed by atoms with van der Waals surface area (Å²) < 4.78 is 0. The van der Waals surface area contributed by atoms with Crippen molar-refractivity contribution in [3.8, 4) is 24.2 Å². The van der Waals surface area contributed by atoms with Crippen LogP contribution in [0.4, 0.5) is 0 Å². The molecule has 54 valence electrons. The summed E-state index contributed by atoms with van der Waals surface area (Å²) in [6.45, 7) is 2.14. The Morgan fingerprint density at radius 3 is 2.40 bits per heavy atom. The van der Waals surface area contributed by atoms with E-state index in [1.165, 1.54) is 0 Å². The molecule has 0 rings (SSSR count). The van der Waals surface area contributed by atoms with Crippen LogP contribution in [0.3, 0.4) is 0 Å². The van der Waals surface area contributed by atoms with Crippen molar-refractivity contribution in [3.63, 3.8) is 0 Å². The van der Waals surface area contributed by atoms with Crippen molar-refractivity contribution in [1.82, 2.24) is 0 Å². The third-order valence-corrected chi connectivity index (χ3v) is 1.12. The number of hydrogen-bond acceptors (Lipinski definition) is 0. The molecule has 0 saturated carbocycles. The Hall–Kier alpha value is -0.880. The van der Waals surface area contributed by atoms with Gasteiger partial charge in [0.25, 0.3) is 0 Å². The van der Waals surface area contributed by atoms with E-state index >= 15 is 0 Å². The molecule has 0 fully saturated rings. The van der Waals surface area contributed by atoms with Crippen LogP contribution in [-0.2, 0) is 0 Å². The first-order valence-corrected chi connectivity index (χ1v) is 3.81. The molecule has 0 N–H and O–H groups in total. The highest BCUT2D eigenvalue weighted by molar-refractivity contribution is 4.99. The first kappa shape index (κ1) is 9.12. The minimum atomic E-state index is 0.862. The highest BCUT2D eigenvalue weighted by atomic mass is 13.8. The molecular formula is C10H14. The van der Waals surface area contributed by atoms with Crippen LogP contribution in [0.25, 0.3) is 0 Å². The molecule has 0 atom stereocenters. The van der Waals surface area contributed by atoms with Crippen LogP contribution in [0, 0.1) is 24.2 Å². The van der Waals surface area contributed by atoms with Crippen LogP contribution in [0.2, 0.25) is 0 Å². The Bertz CT molecular complexity index is 149. The van der Waals surface area contributed by atoms with Crippen molar-refractivity contribution in [2.45, 2.75) is 39.0 Å². The molecule has 0 aliphatic carbocycles. The van der Waals surface area contributed by atoms with Crippen molar-refractivity contribution in [2.24, 2.45) is 0 Å². The molecule has 0 aliphatic heterocycles. The summed E-state index contributed by atoms with van der Waals surface area (Å²) in [5.41, 5.74) is 0. The van der Waals surface area contributed by atoms with Gasteiger partial charge in [-0.25, -0.2) is 0 Å². The van der Waals surface area contributed by atoms with Crippen LogP contribution in [0.5, 0.6) is 0 Å². The third-order valence-electron chi connectivity index (χ3n) is 1.12. The topological polar surface area (TPSA) is 0 Å². The van der Waals surface area contributed by atoms with Crippen molar-refractivity contribution in [2.75, 3.05) is 0 Å². The van der Waals surface area contributed by atoms with E-state index in [0.717, 1.165) is 32.1 Å². The highest BCUT2D eigenvalue weighted by Crippen LogP contribution is 1.91. The molecule has 0 radical (unpaired) electrons. The Balaban J connectivity index is 3.05.